The van der Waals surface area contributed by atoms with E-state index in [0.717, 1.165) is 12.0 Å². The van der Waals surface area contributed by atoms with Gasteiger partial charge in [0.15, 0.2) is 0 Å². The molecule has 1 N–H and O–H groups in total. The molecule has 1 heterocycles. The molecule has 0 spiro atoms. The van der Waals surface area contributed by atoms with Gasteiger partial charge in [0.2, 0.25) is 0 Å². The highest BCUT2D eigenvalue weighted by Crippen LogP contribution is 2.39. The fourth-order valence-electron chi connectivity index (χ4n) is 3.89. The quantitative estimate of drug-likeness (QED) is 0.826. The monoisotopic (exact) mass is 252 g/mol. The lowest BCUT2D eigenvalue weighted by atomic mass is 9.86. The van der Waals surface area contributed by atoms with Crippen LogP contribution in [0.5, 0.6) is 0 Å². The van der Waals surface area contributed by atoms with Crippen molar-refractivity contribution in [2.24, 2.45) is 11.3 Å². The summed E-state index contributed by atoms with van der Waals surface area (Å²) in [5.74, 6) is 0.764. The highest BCUT2D eigenvalue weighted by atomic mass is 15.2. The van der Waals surface area contributed by atoms with Gasteiger partial charge in [-0.15, -0.1) is 0 Å². The van der Waals surface area contributed by atoms with Gasteiger partial charge in [0.05, 0.1) is 0 Å². The zero-order valence-electron chi connectivity index (χ0n) is 12.8. The molecule has 106 valence electrons. The first kappa shape index (κ1) is 14.3. The van der Waals surface area contributed by atoms with Crippen molar-refractivity contribution in [3.63, 3.8) is 0 Å². The van der Waals surface area contributed by atoms with Crippen LogP contribution in [0.2, 0.25) is 0 Å². The molecular weight excluding hydrogens is 220 g/mol. The fourth-order valence-corrected chi connectivity index (χ4v) is 3.89. The van der Waals surface area contributed by atoms with E-state index < -0.39 is 0 Å². The van der Waals surface area contributed by atoms with E-state index in [1.54, 1.807) is 0 Å². The van der Waals surface area contributed by atoms with Crippen LogP contribution in [0.1, 0.15) is 59.8 Å². The second kappa shape index (κ2) is 5.92. The van der Waals surface area contributed by atoms with E-state index in [1.807, 2.05) is 0 Å². The van der Waals surface area contributed by atoms with E-state index in [-0.39, 0.29) is 0 Å². The second-order valence-electron chi connectivity index (χ2n) is 7.27. The molecule has 0 radical (unpaired) electrons. The first-order valence-corrected chi connectivity index (χ1v) is 8.01. The lowest BCUT2D eigenvalue weighted by Gasteiger charge is -2.45. The Morgan fingerprint density at radius 2 is 1.94 bits per heavy atom. The maximum atomic E-state index is 3.73. The molecule has 2 fully saturated rings. The molecule has 0 aromatic carbocycles. The number of hydrogen-bond acceptors (Lipinski definition) is 2. The van der Waals surface area contributed by atoms with Crippen LogP contribution in [0, 0.1) is 11.3 Å². The van der Waals surface area contributed by atoms with Gasteiger partial charge in [-0.05, 0) is 30.6 Å². The molecule has 2 atom stereocenters. The molecule has 0 aromatic rings. The van der Waals surface area contributed by atoms with E-state index >= 15 is 0 Å². The van der Waals surface area contributed by atoms with Crippen molar-refractivity contribution < 1.29 is 0 Å². The number of hydrogen-bond donors (Lipinski definition) is 1. The molecule has 1 aliphatic heterocycles. The lowest BCUT2D eigenvalue weighted by Crippen LogP contribution is -2.59. The van der Waals surface area contributed by atoms with Crippen LogP contribution in [0.25, 0.3) is 0 Å². The Kier molecular flexibility index (Phi) is 4.71. The maximum Gasteiger partial charge on any atom is 0.0244 e. The summed E-state index contributed by atoms with van der Waals surface area (Å²) in [6.45, 7) is 13.4. The predicted molar refractivity (Wildman–Crippen MR) is 78.9 cm³/mol. The van der Waals surface area contributed by atoms with Crippen molar-refractivity contribution in [2.45, 2.75) is 71.9 Å². The van der Waals surface area contributed by atoms with Crippen molar-refractivity contribution in [3.05, 3.63) is 0 Å². The van der Waals surface area contributed by atoms with Gasteiger partial charge in [-0.2, -0.15) is 0 Å². The molecule has 2 rings (SSSR count). The zero-order valence-corrected chi connectivity index (χ0v) is 12.8. The number of nitrogens with one attached hydrogen (secondary N) is 1. The largest absolute Gasteiger partial charge is 0.311 e. The number of rotatable bonds is 4. The van der Waals surface area contributed by atoms with Crippen molar-refractivity contribution in [1.29, 1.82) is 0 Å². The Hall–Kier alpha value is -0.0800. The lowest BCUT2D eigenvalue weighted by molar-refractivity contribution is 0.0559. The molecule has 18 heavy (non-hydrogen) atoms. The summed E-state index contributed by atoms with van der Waals surface area (Å²) in [6, 6.07) is 1.45. The third kappa shape index (κ3) is 3.27. The zero-order chi connectivity index (χ0) is 13.2. The van der Waals surface area contributed by atoms with E-state index in [2.05, 4.69) is 37.9 Å². The van der Waals surface area contributed by atoms with Gasteiger partial charge in [0.1, 0.15) is 0 Å². The van der Waals surface area contributed by atoms with Crippen molar-refractivity contribution in [1.82, 2.24) is 10.2 Å². The van der Waals surface area contributed by atoms with Gasteiger partial charge < -0.3 is 5.32 Å². The van der Waals surface area contributed by atoms with Gasteiger partial charge in [-0.1, -0.05) is 40.5 Å². The smallest absolute Gasteiger partial charge is 0.0244 e. The normalized spacial score (nSPS) is 33.2. The van der Waals surface area contributed by atoms with Crippen molar-refractivity contribution >= 4 is 0 Å². The molecule has 1 saturated carbocycles. The summed E-state index contributed by atoms with van der Waals surface area (Å²) in [7, 11) is 0. The molecule has 1 saturated heterocycles. The van der Waals surface area contributed by atoms with Crippen LogP contribution >= 0.6 is 0 Å². The molecule has 1 aliphatic carbocycles. The number of piperazine rings is 1. The molecule has 0 amide bonds. The van der Waals surface area contributed by atoms with Crippen LogP contribution in [0.15, 0.2) is 0 Å². The Morgan fingerprint density at radius 3 is 2.50 bits per heavy atom. The highest BCUT2D eigenvalue weighted by molar-refractivity contribution is 4.92. The van der Waals surface area contributed by atoms with Gasteiger partial charge in [-0.25, -0.2) is 0 Å². The van der Waals surface area contributed by atoms with Crippen molar-refractivity contribution in [2.75, 3.05) is 19.6 Å². The first-order chi connectivity index (χ1) is 8.54. The molecule has 0 bridgehead atoms. The summed E-state index contributed by atoms with van der Waals surface area (Å²) in [5.41, 5.74) is 0.600. The molecule has 2 aliphatic rings. The summed E-state index contributed by atoms with van der Waals surface area (Å²) in [5, 5.41) is 3.73. The maximum absolute atomic E-state index is 3.73. The minimum absolute atomic E-state index is 0.600. The molecular formula is C16H32N2. The molecule has 0 aromatic heterocycles. The third-order valence-electron chi connectivity index (χ3n) is 5.20. The third-order valence-corrected chi connectivity index (χ3v) is 5.20. The number of nitrogens with zero attached hydrogens (tertiary/aromatic N) is 1. The average molecular weight is 252 g/mol. The van der Waals surface area contributed by atoms with Crippen molar-refractivity contribution in [3.8, 4) is 0 Å². The molecule has 2 unspecified atom stereocenters. The van der Waals surface area contributed by atoms with Gasteiger partial charge in [0.25, 0.3) is 0 Å². The van der Waals surface area contributed by atoms with Crippen LogP contribution in [0.3, 0.4) is 0 Å². The highest BCUT2D eigenvalue weighted by Gasteiger charge is 2.36. The Bertz CT molecular complexity index is 256. The topological polar surface area (TPSA) is 15.3 Å². The van der Waals surface area contributed by atoms with E-state index in [9.17, 15) is 0 Å². The van der Waals surface area contributed by atoms with Gasteiger partial charge in [-0.3, -0.25) is 4.90 Å². The Balaban J connectivity index is 2.00. The molecule has 2 heteroatoms. The van der Waals surface area contributed by atoms with Gasteiger partial charge >= 0.3 is 0 Å². The average Bonchev–Trinajstić information content (AvgIpc) is 2.75. The Morgan fingerprint density at radius 1 is 1.28 bits per heavy atom. The Labute approximate surface area is 114 Å². The van der Waals surface area contributed by atoms with Crippen LogP contribution < -0.4 is 5.32 Å². The van der Waals surface area contributed by atoms with Gasteiger partial charge in [0, 0.05) is 31.7 Å². The standard InChI is InChI=1S/C16H32N2/c1-5-14-11-18(15(10-17-14)13(2)3)12-16(4)8-6-7-9-16/h13-15,17H,5-12H2,1-4H3. The SMILES string of the molecule is CCC1CN(CC2(C)CCCC2)C(C(C)C)CN1. The minimum Gasteiger partial charge on any atom is -0.311 e. The van der Waals surface area contributed by atoms with Crippen LogP contribution in [0.4, 0.5) is 0 Å². The van der Waals surface area contributed by atoms with Crippen LogP contribution in [-0.2, 0) is 0 Å². The van der Waals surface area contributed by atoms with E-state index in [0.29, 0.717) is 11.5 Å². The van der Waals surface area contributed by atoms with E-state index in [4.69, 9.17) is 0 Å². The molecule has 2 nitrogen and oxygen atoms in total. The predicted octanol–water partition coefficient (Wildman–Crippen LogP) is 3.28. The van der Waals surface area contributed by atoms with Crippen LogP contribution in [-0.4, -0.2) is 36.6 Å². The summed E-state index contributed by atoms with van der Waals surface area (Å²) >= 11 is 0. The summed E-state index contributed by atoms with van der Waals surface area (Å²) < 4.78 is 0. The second-order valence-corrected chi connectivity index (χ2v) is 7.27. The summed E-state index contributed by atoms with van der Waals surface area (Å²) in [6.07, 6.45) is 7.05. The first-order valence-electron chi connectivity index (χ1n) is 8.01. The fraction of sp³-hybridized carbons (Fsp3) is 1.00. The summed E-state index contributed by atoms with van der Waals surface area (Å²) in [4.78, 5) is 2.81. The van der Waals surface area contributed by atoms with E-state index in [1.165, 1.54) is 51.7 Å². The minimum atomic E-state index is 0.600.